The Hall–Kier alpha value is -0.530. The number of rotatable bonds is 8. The van der Waals surface area contributed by atoms with Crippen LogP contribution in [-0.2, 0) is 19.1 Å². The third kappa shape index (κ3) is 5.80. The van der Waals surface area contributed by atoms with E-state index in [0.29, 0.717) is 12.8 Å². The normalized spacial score (nSPS) is 14.9. The summed E-state index contributed by atoms with van der Waals surface area (Å²) >= 11 is 17.6. The second-order valence-corrected chi connectivity index (χ2v) is 7.64. The summed E-state index contributed by atoms with van der Waals surface area (Å²) in [6.45, 7) is 3.70. The smallest absolute Gasteiger partial charge is 0.298 e. The average Bonchev–Trinajstić information content (AvgIpc) is 2.48. The highest BCUT2D eigenvalue weighted by molar-refractivity contribution is 7.87. The van der Waals surface area contributed by atoms with Crippen LogP contribution in [0.5, 0.6) is 0 Å². The van der Waals surface area contributed by atoms with Crippen LogP contribution in [0.1, 0.15) is 26.7 Å². The predicted octanol–water partition coefficient (Wildman–Crippen LogP) is 4.79. The number of halogens is 3. The molecule has 0 radical (unpaired) electrons. The standard InChI is InChI=1S/C14H18Cl3NO4S/c1-4-13(9(2)5-6-18-21-3)22-23(19,20)14-8-11(16)10(15)7-12(14)17/h6-9,13H,4-5H2,1-3H3/t9-,13+/m0/s1. The van der Waals surface area contributed by atoms with Gasteiger partial charge in [0.25, 0.3) is 10.1 Å². The Kier molecular flexibility index (Phi) is 8.10. The molecule has 0 unspecified atom stereocenters. The minimum atomic E-state index is -4.07. The summed E-state index contributed by atoms with van der Waals surface area (Å²) in [4.78, 5) is 4.38. The number of benzene rings is 1. The minimum absolute atomic E-state index is 0.0390. The van der Waals surface area contributed by atoms with Crippen molar-refractivity contribution in [1.82, 2.24) is 0 Å². The van der Waals surface area contributed by atoms with Crippen LogP contribution in [0.15, 0.2) is 22.2 Å². The molecule has 9 heteroatoms. The third-order valence-corrected chi connectivity index (χ3v) is 5.71. The van der Waals surface area contributed by atoms with E-state index in [2.05, 4.69) is 9.99 Å². The van der Waals surface area contributed by atoms with E-state index in [1.54, 1.807) is 6.21 Å². The van der Waals surface area contributed by atoms with Crippen LogP contribution in [0.2, 0.25) is 15.1 Å². The molecule has 0 saturated carbocycles. The maximum absolute atomic E-state index is 12.5. The molecule has 0 N–H and O–H groups in total. The van der Waals surface area contributed by atoms with Gasteiger partial charge in [-0.05, 0) is 30.9 Å². The highest BCUT2D eigenvalue weighted by Crippen LogP contribution is 2.33. The zero-order valence-corrected chi connectivity index (χ0v) is 16.0. The second-order valence-electron chi connectivity index (χ2n) is 4.88. The molecule has 0 aliphatic rings. The lowest BCUT2D eigenvalue weighted by Crippen LogP contribution is -2.25. The van der Waals surface area contributed by atoms with Gasteiger partial charge in [-0.1, -0.05) is 53.8 Å². The quantitative estimate of drug-likeness (QED) is 0.271. The molecule has 130 valence electrons. The maximum Gasteiger partial charge on any atom is 0.298 e. The topological polar surface area (TPSA) is 65.0 Å². The van der Waals surface area contributed by atoms with E-state index in [9.17, 15) is 8.42 Å². The molecule has 0 heterocycles. The molecule has 1 aromatic rings. The summed E-state index contributed by atoms with van der Waals surface area (Å²) < 4.78 is 30.2. The molecular formula is C14H18Cl3NO4S. The molecule has 5 nitrogen and oxygen atoms in total. The molecule has 0 amide bonds. The van der Waals surface area contributed by atoms with Crippen LogP contribution in [0.3, 0.4) is 0 Å². The number of hydrogen-bond donors (Lipinski definition) is 0. The van der Waals surface area contributed by atoms with Gasteiger partial charge < -0.3 is 4.84 Å². The molecule has 0 fully saturated rings. The summed E-state index contributed by atoms with van der Waals surface area (Å²) in [5.41, 5.74) is 0. The van der Waals surface area contributed by atoms with Gasteiger partial charge >= 0.3 is 0 Å². The summed E-state index contributed by atoms with van der Waals surface area (Å²) in [5.74, 6) is -0.0878. The Labute approximate surface area is 151 Å². The zero-order valence-electron chi connectivity index (χ0n) is 12.9. The summed E-state index contributed by atoms with van der Waals surface area (Å²) in [5, 5.41) is 3.86. The third-order valence-electron chi connectivity index (χ3n) is 3.19. The molecule has 1 rings (SSSR count). The molecule has 23 heavy (non-hydrogen) atoms. The maximum atomic E-state index is 12.5. The molecule has 0 saturated heterocycles. The fourth-order valence-electron chi connectivity index (χ4n) is 1.91. The van der Waals surface area contributed by atoms with Crippen LogP contribution >= 0.6 is 34.8 Å². The first-order chi connectivity index (χ1) is 10.7. The van der Waals surface area contributed by atoms with Crippen LogP contribution in [0.4, 0.5) is 0 Å². The number of oxime groups is 1. The van der Waals surface area contributed by atoms with Crippen molar-refractivity contribution in [2.24, 2.45) is 11.1 Å². The monoisotopic (exact) mass is 401 g/mol. The number of hydrogen-bond acceptors (Lipinski definition) is 5. The SMILES string of the molecule is CC[C@@H](OS(=O)(=O)c1cc(Cl)c(Cl)cc1Cl)[C@@H](C)CC=NOC. The Bertz CT molecular complexity index is 664. The fraction of sp³-hybridized carbons (Fsp3) is 0.500. The van der Waals surface area contributed by atoms with Crippen molar-refractivity contribution in [1.29, 1.82) is 0 Å². The largest absolute Gasteiger partial charge is 0.399 e. The number of nitrogens with zero attached hydrogens (tertiary/aromatic N) is 1. The van der Waals surface area contributed by atoms with Gasteiger partial charge in [-0.2, -0.15) is 8.42 Å². The molecule has 0 aliphatic carbocycles. The fourth-order valence-corrected chi connectivity index (χ4v) is 4.12. The summed E-state index contributed by atoms with van der Waals surface area (Å²) in [7, 11) is -2.63. The van der Waals surface area contributed by atoms with Crippen molar-refractivity contribution in [2.75, 3.05) is 7.11 Å². The first-order valence-corrected chi connectivity index (χ1v) is 9.40. The Morgan fingerprint density at radius 3 is 2.39 bits per heavy atom. The van der Waals surface area contributed by atoms with Crippen LogP contribution in [0.25, 0.3) is 0 Å². The van der Waals surface area contributed by atoms with Crippen molar-refractivity contribution in [2.45, 2.75) is 37.7 Å². The highest BCUT2D eigenvalue weighted by Gasteiger charge is 2.27. The van der Waals surface area contributed by atoms with Gasteiger partial charge in [0.15, 0.2) is 0 Å². The van der Waals surface area contributed by atoms with Crippen molar-refractivity contribution in [3.8, 4) is 0 Å². The summed E-state index contributed by atoms with van der Waals surface area (Å²) in [6.07, 6.45) is 2.04. The Morgan fingerprint density at radius 2 is 1.83 bits per heavy atom. The second kappa shape index (κ2) is 9.08. The highest BCUT2D eigenvalue weighted by atomic mass is 35.5. The van der Waals surface area contributed by atoms with Crippen molar-refractivity contribution in [3.63, 3.8) is 0 Å². The molecule has 0 aromatic heterocycles. The molecular weight excluding hydrogens is 385 g/mol. The molecule has 0 spiro atoms. The van der Waals surface area contributed by atoms with Crippen molar-refractivity contribution >= 4 is 51.1 Å². The Balaban J connectivity index is 3.00. The lowest BCUT2D eigenvalue weighted by Gasteiger charge is -2.21. The van der Waals surface area contributed by atoms with Crippen LogP contribution < -0.4 is 0 Å². The molecule has 0 bridgehead atoms. The van der Waals surface area contributed by atoms with Gasteiger partial charge in [0.05, 0.1) is 21.2 Å². The predicted molar refractivity (Wildman–Crippen MR) is 93.1 cm³/mol. The van der Waals surface area contributed by atoms with E-state index in [1.165, 1.54) is 19.2 Å². The first kappa shape index (κ1) is 20.5. The Morgan fingerprint density at radius 1 is 1.22 bits per heavy atom. The van der Waals surface area contributed by atoms with Crippen LogP contribution in [0, 0.1) is 5.92 Å². The van der Waals surface area contributed by atoms with Gasteiger partial charge in [-0.15, -0.1) is 0 Å². The minimum Gasteiger partial charge on any atom is -0.399 e. The van der Waals surface area contributed by atoms with E-state index in [-0.39, 0.29) is 25.9 Å². The molecule has 1 aromatic carbocycles. The van der Waals surface area contributed by atoms with Gasteiger partial charge in [0.1, 0.15) is 12.0 Å². The van der Waals surface area contributed by atoms with Gasteiger partial charge in [-0.25, -0.2) is 0 Å². The van der Waals surface area contributed by atoms with Crippen LogP contribution in [-0.4, -0.2) is 27.8 Å². The van der Waals surface area contributed by atoms with Crippen molar-refractivity contribution < 1.29 is 17.4 Å². The first-order valence-electron chi connectivity index (χ1n) is 6.85. The summed E-state index contributed by atoms with van der Waals surface area (Å²) in [6, 6.07) is 2.46. The van der Waals surface area contributed by atoms with Gasteiger partial charge in [0, 0.05) is 6.21 Å². The lowest BCUT2D eigenvalue weighted by atomic mass is 10.00. The average molecular weight is 403 g/mol. The van der Waals surface area contributed by atoms with Gasteiger partial charge in [-0.3, -0.25) is 4.18 Å². The zero-order chi connectivity index (χ0) is 17.6. The van der Waals surface area contributed by atoms with E-state index in [1.807, 2.05) is 13.8 Å². The van der Waals surface area contributed by atoms with E-state index in [0.717, 1.165) is 0 Å². The van der Waals surface area contributed by atoms with E-state index < -0.39 is 16.2 Å². The molecule has 0 aliphatic heterocycles. The van der Waals surface area contributed by atoms with Gasteiger partial charge in [0.2, 0.25) is 0 Å². The molecule has 2 atom stereocenters. The van der Waals surface area contributed by atoms with E-state index in [4.69, 9.17) is 39.0 Å². The lowest BCUT2D eigenvalue weighted by molar-refractivity contribution is 0.148. The van der Waals surface area contributed by atoms with E-state index >= 15 is 0 Å². The van der Waals surface area contributed by atoms with Crippen molar-refractivity contribution in [3.05, 3.63) is 27.2 Å².